The fourth-order valence-electron chi connectivity index (χ4n) is 3.97. The van der Waals surface area contributed by atoms with E-state index in [2.05, 4.69) is 51.7 Å². The Hall–Kier alpha value is -3.76. The molecular formula is C27H21ClN4. The molecule has 0 unspecified atom stereocenters. The maximum absolute atomic E-state index is 6.78. The lowest BCUT2D eigenvalue weighted by molar-refractivity contribution is 1.03. The first-order valence-electron chi connectivity index (χ1n) is 10.4. The van der Waals surface area contributed by atoms with Gasteiger partial charge in [0, 0.05) is 35.1 Å². The van der Waals surface area contributed by atoms with E-state index in [1.165, 1.54) is 0 Å². The van der Waals surface area contributed by atoms with Crippen molar-refractivity contribution >= 4 is 28.2 Å². The highest BCUT2D eigenvalue weighted by molar-refractivity contribution is 6.34. The molecule has 0 bridgehead atoms. The third-order valence-corrected chi connectivity index (χ3v) is 5.67. The summed E-state index contributed by atoms with van der Waals surface area (Å²) in [6.07, 6.45) is 5.47. The summed E-state index contributed by atoms with van der Waals surface area (Å²) in [5.74, 6) is 0.736. The van der Waals surface area contributed by atoms with Crippen LogP contribution < -0.4 is 5.32 Å². The molecule has 5 aromatic rings. The smallest absolute Gasteiger partial charge is 0.140 e. The van der Waals surface area contributed by atoms with E-state index in [1.54, 1.807) is 6.20 Å². The summed E-state index contributed by atoms with van der Waals surface area (Å²) < 4.78 is 0. The Morgan fingerprint density at radius 3 is 2.50 bits per heavy atom. The zero-order valence-corrected chi connectivity index (χ0v) is 18.3. The third kappa shape index (κ3) is 3.93. The number of hydrogen-bond acceptors (Lipinski definition) is 4. The standard InChI is InChI=1S/C27H21ClN4/c1-18-14-20(16-29-15-18)24-23-12-7-11-22(19-8-3-2-4-9-19)25(23)27(32-26(24)28)31-17-21-10-5-6-13-30-21/h2-16H,17H2,1H3,(H,31,32). The molecular weight excluding hydrogens is 416 g/mol. The van der Waals surface area contributed by atoms with E-state index >= 15 is 0 Å². The first-order chi connectivity index (χ1) is 15.7. The summed E-state index contributed by atoms with van der Waals surface area (Å²) in [6, 6.07) is 24.6. The molecule has 0 aliphatic carbocycles. The number of aryl methyl sites for hydroxylation is 1. The predicted octanol–water partition coefficient (Wildman–Crippen LogP) is 6.93. The van der Waals surface area contributed by atoms with E-state index in [1.807, 2.05) is 55.7 Å². The Kier molecular flexibility index (Phi) is 5.53. The third-order valence-electron chi connectivity index (χ3n) is 5.40. The molecule has 3 heterocycles. The summed E-state index contributed by atoms with van der Waals surface area (Å²) in [5.41, 5.74) is 6.06. The molecule has 0 fully saturated rings. The van der Waals surface area contributed by atoms with E-state index in [9.17, 15) is 0 Å². The van der Waals surface area contributed by atoms with Crippen molar-refractivity contribution in [3.8, 4) is 22.3 Å². The fourth-order valence-corrected chi connectivity index (χ4v) is 4.26. The van der Waals surface area contributed by atoms with Crippen molar-refractivity contribution in [3.63, 3.8) is 0 Å². The minimum Gasteiger partial charge on any atom is -0.364 e. The molecule has 5 heteroatoms. The normalized spacial score (nSPS) is 10.9. The van der Waals surface area contributed by atoms with Crippen LogP contribution in [0.25, 0.3) is 33.0 Å². The van der Waals surface area contributed by atoms with Gasteiger partial charge in [-0.1, -0.05) is 66.2 Å². The second kappa shape index (κ2) is 8.77. The van der Waals surface area contributed by atoms with E-state index < -0.39 is 0 Å². The zero-order valence-electron chi connectivity index (χ0n) is 17.6. The number of rotatable bonds is 5. The largest absolute Gasteiger partial charge is 0.364 e. The summed E-state index contributed by atoms with van der Waals surface area (Å²) in [6.45, 7) is 2.58. The molecule has 2 aromatic carbocycles. The molecule has 0 spiro atoms. The van der Waals surface area contributed by atoms with E-state index in [0.717, 1.165) is 50.1 Å². The Morgan fingerprint density at radius 1 is 0.875 bits per heavy atom. The number of anilines is 1. The van der Waals surface area contributed by atoms with Crippen molar-refractivity contribution in [2.24, 2.45) is 0 Å². The van der Waals surface area contributed by atoms with Gasteiger partial charge in [-0.15, -0.1) is 0 Å². The van der Waals surface area contributed by atoms with Crippen LogP contribution in [0.4, 0.5) is 5.82 Å². The second-order valence-corrected chi connectivity index (χ2v) is 8.00. The number of fused-ring (bicyclic) bond motifs is 1. The lowest BCUT2D eigenvalue weighted by Crippen LogP contribution is -2.05. The lowest BCUT2D eigenvalue weighted by atomic mass is 9.94. The van der Waals surface area contributed by atoms with Crippen LogP contribution in [-0.2, 0) is 6.54 Å². The summed E-state index contributed by atoms with van der Waals surface area (Å²) >= 11 is 6.78. The Bertz CT molecular complexity index is 1390. The van der Waals surface area contributed by atoms with Gasteiger partial charge in [0.1, 0.15) is 11.0 Å². The number of aromatic nitrogens is 3. The van der Waals surface area contributed by atoms with Crippen molar-refractivity contribution in [3.05, 3.63) is 108 Å². The number of nitrogens with zero attached hydrogens (tertiary/aromatic N) is 3. The number of hydrogen-bond donors (Lipinski definition) is 1. The van der Waals surface area contributed by atoms with Crippen molar-refractivity contribution in [1.82, 2.24) is 15.0 Å². The Labute approximate surface area is 192 Å². The lowest BCUT2D eigenvalue weighted by Gasteiger charge is -2.17. The quantitative estimate of drug-likeness (QED) is 0.303. The van der Waals surface area contributed by atoms with Gasteiger partial charge in [-0.2, -0.15) is 0 Å². The Balaban J connectivity index is 1.75. The molecule has 0 aliphatic rings. The molecule has 0 aliphatic heterocycles. The van der Waals surface area contributed by atoms with Gasteiger partial charge < -0.3 is 5.32 Å². The molecule has 3 aromatic heterocycles. The summed E-state index contributed by atoms with van der Waals surface area (Å²) in [4.78, 5) is 13.6. The molecule has 0 saturated carbocycles. The van der Waals surface area contributed by atoms with Gasteiger partial charge in [-0.05, 0) is 47.2 Å². The van der Waals surface area contributed by atoms with Crippen LogP contribution in [0.5, 0.6) is 0 Å². The zero-order chi connectivity index (χ0) is 21.9. The van der Waals surface area contributed by atoms with E-state index in [0.29, 0.717) is 11.7 Å². The van der Waals surface area contributed by atoms with Crippen molar-refractivity contribution in [1.29, 1.82) is 0 Å². The van der Waals surface area contributed by atoms with E-state index in [-0.39, 0.29) is 0 Å². The van der Waals surface area contributed by atoms with Gasteiger partial charge in [-0.25, -0.2) is 4.98 Å². The van der Waals surface area contributed by atoms with Crippen LogP contribution in [0.15, 0.2) is 91.4 Å². The van der Waals surface area contributed by atoms with Crippen LogP contribution in [0.2, 0.25) is 5.15 Å². The summed E-state index contributed by atoms with van der Waals surface area (Å²) in [7, 11) is 0. The molecule has 1 N–H and O–H groups in total. The highest BCUT2D eigenvalue weighted by Gasteiger charge is 2.18. The van der Waals surface area contributed by atoms with Gasteiger partial charge >= 0.3 is 0 Å². The van der Waals surface area contributed by atoms with Crippen LogP contribution in [0.1, 0.15) is 11.3 Å². The minimum atomic E-state index is 0.443. The molecule has 32 heavy (non-hydrogen) atoms. The SMILES string of the molecule is Cc1cncc(-c2c(Cl)nc(NCc3ccccn3)c3c(-c4ccccc4)cccc23)c1. The van der Waals surface area contributed by atoms with Crippen LogP contribution in [0.3, 0.4) is 0 Å². The fraction of sp³-hybridized carbons (Fsp3) is 0.0741. The molecule has 0 atom stereocenters. The van der Waals surface area contributed by atoms with E-state index in [4.69, 9.17) is 16.6 Å². The monoisotopic (exact) mass is 436 g/mol. The maximum Gasteiger partial charge on any atom is 0.140 e. The van der Waals surface area contributed by atoms with Crippen LogP contribution in [-0.4, -0.2) is 15.0 Å². The topological polar surface area (TPSA) is 50.7 Å². The molecule has 0 amide bonds. The average Bonchev–Trinajstić information content (AvgIpc) is 2.83. The van der Waals surface area contributed by atoms with Gasteiger partial charge in [0.15, 0.2) is 0 Å². The van der Waals surface area contributed by atoms with Crippen molar-refractivity contribution < 1.29 is 0 Å². The summed E-state index contributed by atoms with van der Waals surface area (Å²) in [5, 5.41) is 5.97. The molecule has 0 radical (unpaired) electrons. The number of nitrogens with one attached hydrogen (secondary N) is 1. The highest BCUT2D eigenvalue weighted by Crippen LogP contribution is 2.41. The van der Waals surface area contributed by atoms with Gasteiger partial charge in [0.2, 0.25) is 0 Å². The number of pyridine rings is 3. The molecule has 156 valence electrons. The number of benzene rings is 2. The van der Waals surface area contributed by atoms with Gasteiger partial charge in [0.05, 0.1) is 12.2 Å². The van der Waals surface area contributed by atoms with Crippen LogP contribution in [0, 0.1) is 6.92 Å². The van der Waals surface area contributed by atoms with Gasteiger partial charge in [0.25, 0.3) is 0 Å². The minimum absolute atomic E-state index is 0.443. The first-order valence-corrected chi connectivity index (χ1v) is 10.8. The van der Waals surface area contributed by atoms with Crippen LogP contribution >= 0.6 is 11.6 Å². The first kappa shape index (κ1) is 20.2. The van der Waals surface area contributed by atoms with Crippen molar-refractivity contribution in [2.45, 2.75) is 13.5 Å². The maximum atomic E-state index is 6.78. The highest BCUT2D eigenvalue weighted by atomic mass is 35.5. The molecule has 4 nitrogen and oxygen atoms in total. The molecule has 0 saturated heterocycles. The van der Waals surface area contributed by atoms with Gasteiger partial charge in [-0.3, -0.25) is 9.97 Å². The molecule has 5 rings (SSSR count). The predicted molar refractivity (Wildman–Crippen MR) is 132 cm³/mol. The number of halogens is 1. The average molecular weight is 437 g/mol. The Morgan fingerprint density at radius 2 is 1.72 bits per heavy atom. The van der Waals surface area contributed by atoms with Crippen molar-refractivity contribution in [2.75, 3.05) is 5.32 Å². The second-order valence-electron chi connectivity index (χ2n) is 7.65.